The molecule has 1 fully saturated rings. The van der Waals surface area contributed by atoms with Crippen molar-refractivity contribution in [1.82, 2.24) is 14.8 Å². The zero-order chi connectivity index (χ0) is 17.8. The van der Waals surface area contributed by atoms with Gasteiger partial charge >= 0.3 is 5.97 Å². The molecule has 1 aromatic heterocycles. The Labute approximate surface area is 156 Å². The van der Waals surface area contributed by atoms with Crippen LogP contribution in [0.4, 0.5) is 5.13 Å². The highest BCUT2D eigenvalue weighted by molar-refractivity contribution is 7.80. The third-order valence-electron chi connectivity index (χ3n) is 4.11. The van der Waals surface area contributed by atoms with E-state index in [1.54, 1.807) is 12.1 Å². The number of aromatic nitrogens is 1. The minimum Gasteiger partial charge on any atom is -0.465 e. The number of likely N-dealkylation sites (N-methyl/N-ethyl adjacent to an activating group) is 1. The average molecular weight is 377 g/mol. The second kappa shape index (κ2) is 7.90. The molecule has 0 bridgehead atoms. The maximum Gasteiger partial charge on any atom is 0.337 e. The number of anilines is 1. The maximum absolute atomic E-state index is 11.5. The Morgan fingerprint density at radius 1 is 1.24 bits per heavy atom. The van der Waals surface area contributed by atoms with Gasteiger partial charge in [0.1, 0.15) is 0 Å². The van der Waals surface area contributed by atoms with E-state index in [2.05, 4.69) is 27.1 Å². The van der Waals surface area contributed by atoms with Crippen molar-refractivity contribution in [3.63, 3.8) is 0 Å². The predicted molar refractivity (Wildman–Crippen MR) is 104 cm³/mol. The fraction of sp³-hybridized carbons (Fsp3) is 0.353. The lowest BCUT2D eigenvalue weighted by Crippen LogP contribution is -2.48. The topological polar surface area (TPSA) is 57.7 Å². The summed E-state index contributed by atoms with van der Waals surface area (Å²) in [5.41, 5.74) is 2.32. The van der Waals surface area contributed by atoms with Crippen molar-refractivity contribution in [1.29, 1.82) is 0 Å². The molecule has 3 rings (SSSR count). The lowest BCUT2D eigenvalue weighted by atomic mass is 10.1. The maximum atomic E-state index is 11.5. The smallest absolute Gasteiger partial charge is 0.337 e. The standard InChI is InChI=1S/C17H20N4O2S2/c1-20-7-9-21(10-8-20)17(24)19-16-18-14(11-25-16)12-3-5-13(6-4-12)15(22)23-2/h3-6,11H,7-10H2,1-2H3,(H,18,19,24). The second-order valence-electron chi connectivity index (χ2n) is 5.83. The van der Waals surface area contributed by atoms with Gasteiger partial charge in [0.05, 0.1) is 18.4 Å². The van der Waals surface area contributed by atoms with E-state index in [9.17, 15) is 4.79 Å². The minimum atomic E-state index is -0.343. The number of ether oxygens (including phenoxy) is 1. The Balaban J connectivity index is 1.64. The number of hydrogen-bond donors (Lipinski definition) is 1. The van der Waals surface area contributed by atoms with Gasteiger partial charge in [-0.3, -0.25) is 0 Å². The number of methoxy groups -OCH3 is 1. The quantitative estimate of drug-likeness (QED) is 0.652. The van der Waals surface area contributed by atoms with Gasteiger partial charge in [0.2, 0.25) is 0 Å². The van der Waals surface area contributed by atoms with Crippen LogP contribution in [0.1, 0.15) is 10.4 Å². The van der Waals surface area contributed by atoms with Crippen LogP contribution in [0, 0.1) is 0 Å². The molecular formula is C17H20N4O2S2. The largest absolute Gasteiger partial charge is 0.465 e. The first-order valence-electron chi connectivity index (χ1n) is 7.95. The Morgan fingerprint density at radius 3 is 2.56 bits per heavy atom. The summed E-state index contributed by atoms with van der Waals surface area (Å²) in [6.45, 7) is 3.88. The summed E-state index contributed by atoms with van der Waals surface area (Å²) >= 11 is 7.01. The number of thiazole rings is 1. The number of thiocarbonyl (C=S) groups is 1. The third kappa shape index (κ3) is 4.33. The molecule has 1 N–H and O–H groups in total. The number of nitrogens with one attached hydrogen (secondary N) is 1. The molecule has 6 nitrogen and oxygen atoms in total. The van der Waals surface area contributed by atoms with Gasteiger partial charge in [0.25, 0.3) is 0 Å². The van der Waals surface area contributed by atoms with E-state index in [0.717, 1.165) is 47.7 Å². The molecule has 25 heavy (non-hydrogen) atoms. The molecule has 0 spiro atoms. The van der Waals surface area contributed by atoms with Crippen LogP contribution in [0.5, 0.6) is 0 Å². The summed E-state index contributed by atoms with van der Waals surface area (Å²) in [7, 11) is 3.49. The number of piperazine rings is 1. The van der Waals surface area contributed by atoms with E-state index in [1.165, 1.54) is 18.4 Å². The van der Waals surface area contributed by atoms with E-state index in [1.807, 2.05) is 17.5 Å². The number of hydrogen-bond acceptors (Lipinski definition) is 6. The molecule has 0 radical (unpaired) electrons. The van der Waals surface area contributed by atoms with Crippen LogP contribution >= 0.6 is 23.6 Å². The van der Waals surface area contributed by atoms with Gasteiger partial charge < -0.3 is 19.9 Å². The highest BCUT2D eigenvalue weighted by Crippen LogP contribution is 2.25. The number of esters is 1. The molecule has 0 aliphatic carbocycles. The molecule has 1 aromatic carbocycles. The van der Waals surface area contributed by atoms with Crippen LogP contribution in [0.25, 0.3) is 11.3 Å². The summed E-state index contributed by atoms with van der Waals surface area (Å²) in [5, 5.41) is 6.69. The van der Waals surface area contributed by atoms with Crippen molar-refractivity contribution >= 4 is 39.8 Å². The molecular weight excluding hydrogens is 356 g/mol. The van der Waals surface area contributed by atoms with Crippen molar-refractivity contribution in [2.45, 2.75) is 0 Å². The monoisotopic (exact) mass is 376 g/mol. The Bertz CT molecular complexity index is 752. The first-order valence-corrected chi connectivity index (χ1v) is 9.24. The van der Waals surface area contributed by atoms with Crippen LogP contribution in [-0.4, -0.2) is 66.2 Å². The van der Waals surface area contributed by atoms with E-state index < -0.39 is 0 Å². The van der Waals surface area contributed by atoms with Crippen LogP contribution in [0.3, 0.4) is 0 Å². The molecule has 2 heterocycles. The number of carbonyl (C=O) groups is 1. The highest BCUT2D eigenvalue weighted by Gasteiger charge is 2.17. The van der Waals surface area contributed by atoms with E-state index >= 15 is 0 Å². The first kappa shape index (κ1) is 17.8. The van der Waals surface area contributed by atoms with Crippen molar-refractivity contribution in [3.8, 4) is 11.3 Å². The van der Waals surface area contributed by atoms with E-state index in [0.29, 0.717) is 5.56 Å². The summed E-state index contributed by atoms with van der Waals surface area (Å²) in [6, 6.07) is 7.21. The summed E-state index contributed by atoms with van der Waals surface area (Å²) in [6.07, 6.45) is 0. The van der Waals surface area contributed by atoms with Gasteiger partial charge in [-0.1, -0.05) is 12.1 Å². The molecule has 8 heteroatoms. The second-order valence-corrected chi connectivity index (χ2v) is 7.07. The van der Waals surface area contributed by atoms with Crippen molar-refractivity contribution in [2.75, 3.05) is 45.7 Å². The number of carbonyl (C=O) groups excluding carboxylic acids is 1. The lowest BCUT2D eigenvalue weighted by Gasteiger charge is -2.33. The van der Waals surface area contributed by atoms with Gasteiger partial charge in [0.15, 0.2) is 10.2 Å². The van der Waals surface area contributed by atoms with Gasteiger partial charge in [-0.25, -0.2) is 9.78 Å². The molecule has 0 atom stereocenters. The molecule has 1 aliphatic heterocycles. The SMILES string of the molecule is COC(=O)c1ccc(-c2csc(NC(=S)N3CCN(C)CC3)n2)cc1. The molecule has 1 saturated heterocycles. The van der Waals surface area contributed by atoms with Crippen LogP contribution in [0.15, 0.2) is 29.6 Å². The van der Waals surface area contributed by atoms with Gasteiger partial charge in [-0.2, -0.15) is 0 Å². The number of nitrogens with zero attached hydrogens (tertiary/aromatic N) is 3. The Morgan fingerprint density at radius 2 is 1.92 bits per heavy atom. The van der Waals surface area contributed by atoms with Crippen molar-refractivity contribution in [3.05, 3.63) is 35.2 Å². The summed E-state index contributed by atoms with van der Waals surface area (Å²) in [5.74, 6) is -0.343. The Kier molecular flexibility index (Phi) is 5.62. The van der Waals surface area contributed by atoms with Crippen LogP contribution in [-0.2, 0) is 4.74 Å². The molecule has 0 amide bonds. The predicted octanol–water partition coefficient (Wildman–Crippen LogP) is 2.54. The minimum absolute atomic E-state index is 0.343. The van der Waals surface area contributed by atoms with Crippen molar-refractivity contribution in [2.24, 2.45) is 0 Å². The number of rotatable bonds is 3. The van der Waals surface area contributed by atoms with Gasteiger partial charge in [-0.15, -0.1) is 11.3 Å². The summed E-state index contributed by atoms with van der Waals surface area (Å²) < 4.78 is 4.71. The van der Waals surface area contributed by atoms with E-state index in [4.69, 9.17) is 17.0 Å². The summed E-state index contributed by atoms with van der Waals surface area (Å²) in [4.78, 5) is 20.5. The molecule has 132 valence electrons. The normalized spacial score (nSPS) is 15.0. The van der Waals surface area contributed by atoms with Gasteiger partial charge in [0, 0.05) is 37.1 Å². The van der Waals surface area contributed by atoms with Gasteiger partial charge in [-0.05, 0) is 31.4 Å². The zero-order valence-electron chi connectivity index (χ0n) is 14.2. The molecule has 2 aromatic rings. The average Bonchev–Trinajstić information content (AvgIpc) is 3.10. The fourth-order valence-electron chi connectivity index (χ4n) is 2.54. The lowest BCUT2D eigenvalue weighted by molar-refractivity contribution is 0.0601. The van der Waals surface area contributed by atoms with Crippen LogP contribution in [0.2, 0.25) is 0 Å². The Hall–Kier alpha value is -2.03. The molecule has 1 aliphatic rings. The fourth-order valence-corrected chi connectivity index (χ4v) is 3.60. The van der Waals surface area contributed by atoms with Crippen LogP contribution < -0.4 is 5.32 Å². The first-order chi connectivity index (χ1) is 12.1. The van der Waals surface area contributed by atoms with E-state index in [-0.39, 0.29) is 5.97 Å². The van der Waals surface area contributed by atoms with Crippen molar-refractivity contribution < 1.29 is 9.53 Å². The number of benzene rings is 1. The third-order valence-corrected chi connectivity index (χ3v) is 5.23. The highest BCUT2D eigenvalue weighted by atomic mass is 32.1. The molecule has 0 unspecified atom stereocenters. The molecule has 0 saturated carbocycles. The zero-order valence-corrected chi connectivity index (χ0v) is 15.8.